The first kappa shape index (κ1) is 50.0. The highest BCUT2D eigenvalue weighted by Gasteiger charge is 2.45. The lowest BCUT2D eigenvalue weighted by molar-refractivity contribution is 0.131. The molecule has 3 heterocycles. The Morgan fingerprint density at radius 3 is 1.64 bits per heavy atom. The predicted octanol–water partition coefficient (Wildman–Crippen LogP) is 18.3. The average molecular weight is 988 g/mol. The molecule has 0 spiro atoms. The number of anilines is 9. The number of benzene rings is 8. The summed E-state index contributed by atoms with van der Waals surface area (Å²) in [4.78, 5) is 7.61. The second-order valence-corrected chi connectivity index (χ2v) is 25.3. The fourth-order valence-corrected chi connectivity index (χ4v) is 11.7. The minimum atomic E-state index is -0.463. The monoisotopic (exact) mass is 988 g/mol. The van der Waals surface area contributed by atoms with Gasteiger partial charge in [-0.25, -0.2) is 0 Å². The molecule has 2 aliphatic rings. The van der Waals surface area contributed by atoms with E-state index in [1.165, 1.54) is 60.7 Å². The summed E-state index contributed by atoms with van der Waals surface area (Å²) in [5.74, 6) is 1.76. The fraction of sp³-hybridized carbons (Fsp3) is 0.304. The minimum Gasteiger partial charge on any atom is -0.488 e. The lowest BCUT2D eigenvalue weighted by Gasteiger charge is -2.45. The maximum Gasteiger partial charge on any atom is 0.252 e. The van der Waals surface area contributed by atoms with Gasteiger partial charge in [0, 0.05) is 68.1 Å². The second kappa shape index (κ2) is 18.3. The van der Waals surface area contributed by atoms with Crippen LogP contribution >= 0.6 is 0 Å². The number of ether oxygens (including phenoxy) is 1. The maximum atomic E-state index is 7.06. The summed E-state index contributed by atoms with van der Waals surface area (Å²) in [5.41, 5.74) is 20.1. The van der Waals surface area contributed by atoms with Crippen molar-refractivity contribution in [3.63, 3.8) is 0 Å². The van der Waals surface area contributed by atoms with Gasteiger partial charge in [0.2, 0.25) is 0 Å². The highest BCUT2D eigenvalue weighted by atomic mass is 16.5. The molecule has 75 heavy (non-hydrogen) atoms. The molecule has 0 saturated carbocycles. The van der Waals surface area contributed by atoms with Crippen molar-refractivity contribution < 1.29 is 9.15 Å². The molecule has 0 atom stereocenters. The van der Waals surface area contributed by atoms with Crippen molar-refractivity contribution in [2.24, 2.45) is 0 Å². The van der Waals surface area contributed by atoms with Crippen LogP contribution in [0.25, 0.3) is 21.5 Å². The van der Waals surface area contributed by atoms with Crippen molar-refractivity contribution in [2.45, 2.75) is 138 Å². The molecule has 0 bridgehead atoms. The van der Waals surface area contributed by atoms with E-state index in [4.69, 9.17) is 9.15 Å². The molecular formula is C69H74BN3O2. The molecule has 0 fully saturated rings. The average Bonchev–Trinajstić information content (AvgIpc) is 3.88. The number of rotatable bonds is 9. The van der Waals surface area contributed by atoms with Crippen molar-refractivity contribution in [3.8, 4) is 5.75 Å². The van der Waals surface area contributed by atoms with E-state index >= 15 is 0 Å². The molecule has 9 aromatic rings. The Bertz CT molecular complexity index is 3600. The van der Waals surface area contributed by atoms with Gasteiger partial charge < -0.3 is 23.9 Å². The van der Waals surface area contributed by atoms with Crippen LogP contribution in [0.15, 0.2) is 163 Å². The van der Waals surface area contributed by atoms with Crippen LogP contribution in [0.2, 0.25) is 0 Å². The zero-order valence-electron chi connectivity index (χ0n) is 47.0. The van der Waals surface area contributed by atoms with Crippen LogP contribution in [-0.4, -0.2) is 12.3 Å². The van der Waals surface area contributed by atoms with Gasteiger partial charge >= 0.3 is 0 Å². The molecule has 0 saturated heterocycles. The SMILES string of the molecule is CC(C)c1cc(C(C)C)c(N(c2ccc(C(C)(C)C)cc2)c2ccc3c(c2)N(c2ccc(C(C)(C)C)cc2)c2cc(OC(C)(C)C)cc4c2B3c2cc3cocc3cc2N4c2cccc3ccccc23)c(C(C)C)c1. The molecule has 5 nitrogen and oxygen atoms in total. The molecule has 1 aromatic heterocycles. The van der Waals surface area contributed by atoms with Crippen LogP contribution in [-0.2, 0) is 10.8 Å². The first-order valence-electron chi connectivity index (χ1n) is 27.3. The summed E-state index contributed by atoms with van der Waals surface area (Å²) >= 11 is 0. The van der Waals surface area contributed by atoms with Crippen LogP contribution in [0.4, 0.5) is 51.2 Å². The van der Waals surface area contributed by atoms with E-state index in [2.05, 4.69) is 264 Å². The van der Waals surface area contributed by atoms with E-state index in [-0.39, 0.29) is 29.4 Å². The van der Waals surface area contributed by atoms with E-state index in [0.29, 0.717) is 5.92 Å². The Kier molecular flexibility index (Phi) is 12.2. The largest absolute Gasteiger partial charge is 0.488 e. The number of nitrogens with zero attached hydrogens (tertiary/aromatic N) is 3. The zero-order valence-corrected chi connectivity index (χ0v) is 47.0. The van der Waals surface area contributed by atoms with Gasteiger partial charge in [0.25, 0.3) is 6.71 Å². The maximum absolute atomic E-state index is 7.06. The predicted molar refractivity (Wildman–Crippen MR) is 322 cm³/mol. The van der Waals surface area contributed by atoms with Gasteiger partial charge in [0.05, 0.1) is 23.9 Å². The highest BCUT2D eigenvalue weighted by Crippen LogP contribution is 2.51. The van der Waals surface area contributed by atoms with Gasteiger partial charge in [-0.15, -0.1) is 0 Å². The van der Waals surface area contributed by atoms with E-state index in [0.717, 1.165) is 62.0 Å². The summed E-state index contributed by atoms with van der Waals surface area (Å²) in [7, 11) is 0. The van der Waals surface area contributed by atoms with Gasteiger partial charge in [-0.3, -0.25) is 0 Å². The lowest BCUT2D eigenvalue weighted by atomic mass is 9.33. The van der Waals surface area contributed by atoms with E-state index in [1.54, 1.807) is 0 Å². The van der Waals surface area contributed by atoms with Crippen LogP contribution in [0.5, 0.6) is 5.75 Å². The molecule has 0 N–H and O–H groups in total. The van der Waals surface area contributed by atoms with Gasteiger partial charge in [-0.05, 0) is 147 Å². The third-order valence-electron chi connectivity index (χ3n) is 15.6. The Balaban J connectivity index is 1.26. The standard InChI is InChI=1S/C69H74BN3O2/c1-42(2)46-33-56(43(3)4)66(57(34-46)44(5)6)71(51-27-23-49(24-28-51)67(7,8)9)53-31-32-58-62(37-53)72(52-29-25-50(26-30-52)68(10,11)12)63-38-54(75-69(13,14)15)39-64-65(63)70(58)59-35-47-40-74-41-48(47)36-61(59)73(64)60-22-18-20-45-19-16-17-21-55(45)60/h16-44H,1-15H3. The third kappa shape index (κ3) is 8.88. The van der Waals surface area contributed by atoms with Crippen molar-refractivity contribution >= 4 is 95.8 Å². The molecule has 11 rings (SSSR count). The van der Waals surface area contributed by atoms with E-state index in [1.807, 2.05) is 12.5 Å². The van der Waals surface area contributed by atoms with Crippen LogP contribution in [0.1, 0.15) is 149 Å². The van der Waals surface area contributed by atoms with Crippen LogP contribution < -0.4 is 35.8 Å². The van der Waals surface area contributed by atoms with Gasteiger partial charge in [-0.2, -0.15) is 0 Å². The van der Waals surface area contributed by atoms with Crippen molar-refractivity contribution in [1.82, 2.24) is 0 Å². The van der Waals surface area contributed by atoms with E-state index in [9.17, 15) is 0 Å². The molecular weight excluding hydrogens is 914 g/mol. The Labute approximate surface area is 447 Å². The van der Waals surface area contributed by atoms with Crippen LogP contribution in [0.3, 0.4) is 0 Å². The molecule has 0 radical (unpaired) electrons. The van der Waals surface area contributed by atoms with E-state index < -0.39 is 5.60 Å². The van der Waals surface area contributed by atoms with Crippen molar-refractivity contribution in [3.05, 3.63) is 186 Å². The Morgan fingerprint density at radius 2 is 1.04 bits per heavy atom. The summed E-state index contributed by atoms with van der Waals surface area (Å²) in [6.45, 7) is 34.2. The minimum absolute atomic E-state index is 0.00658. The summed E-state index contributed by atoms with van der Waals surface area (Å²) in [5, 5.41) is 4.52. The van der Waals surface area contributed by atoms with Gasteiger partial charge in [-0.1, -0.05) is 168 Å². The number of hydrogen-bond acceptors (Lipinski definition) is 5. The molecule has 0 amide bonds. The number of fused-ring (bicyclic) bond motifs is 6. The Morgan fingerprint density at radius 1 is 0.480 bits per heavy atom. The molecule has 2 aliphatic heterocycles. The fourth-order valence-electron chi connectivity index (χ4n) is 11.7. The smallest absolute Gasteiger partial charge is 0.252 e. The normalized spacial score (nSPS) is 13.5. The molecule has 8 aromatic carbocycles. The molecule has 0 unspecified atom stereocenters. The third-order valence-corrected chi connectivity index (χ3v) is 15.6. The first-order valence-corrected chi connectivity index (χ1v) is 27.3. The number of hydrogen-bond donors (Lipinski definition) is 0. The second-order valence-electron chi connectivity index (χ2n) is 25.3. The van der Waals surface area contributed by atoms with Crippen molar-refractivity contribution in [2.75, 3.05) is 14.7 Å². The van der Waals surface area contributed by atoms with Gasteiger partial charge in [0.15, 0.2) is 0 Å². The summed E-state index contributed by atoms with van der Waals surface area (Å²) < 4.78 is 13.1. The quantitative estimate of drug-likeness (QED) is 0.135. The highest BCUT2D eigenvalue weighted by molar-refractivity contribution is 7.00. The first-order chi connectivity index (χ1) is 35.6. The summed E-state index contributed by atoms with van der Waals surface area (Å²) in [6.07, 6.45) is 3.78. The topological polar surface area (TPSA) is 32.1 Å². The summed E-state index contributed by atoms with van der Waals surface area (Å²) in [6, 6.07) is 55.7. The number of furan rings is 1. The van der Waals surface area contributed by atoms with Crippen molar-refractivity contribution in [1.29, 1.82) is 0 Å². The molecule has 6 heteroatoms. The van der Waals surface area contributed by atoms with Gasteiger partial charge in [0.1, 0.15) is 11.4 Å². The molecule has 380 valence electrons. The lowest BCUT2D eigenvalue weighted by Crippen LogP contribution is -2.61. The Hall–Kier alpha value is -7.18. The zero-order chi connectivity index (χ0) is 53.0. The molecule has 0 aliphatic carbocycles. The van der Waals surface area contributed by atoms with Crippen LogP contribution in [0, 0.1) is 0 Å².